The maximum absolute atomic E-state index is 12.1. The lowest BCUT2D eigenvalue weighted by molar-refractivity contribution is 0.268. The van der Waals surface area contributed by atoms with E-state index in [-0.39, 0.29) is 0 Å². The molecule has 1 heterocycles. The second kappa shape index (κ2) is 8.09. The molecule has 0 bridgehead atoms. The topological polar surface area (TPSA) is 75.4 Å². The highest BCUT2D eigenvalue weighted by Crippen LogP contribution is 2.17. The molecule has 1 saturated heterocycles. The molecule has 18 heavy (non-hydrogen) atoms. The molecular formula is C12H27N3O2S. The molecule has 1 aliphatic heterocycles. The molecule has 0 aromatic carbocycles. The molecule has 0 aliphatic carbocycles. The minimum absolute atomic E-state index is 0.315. The quantitative estimate of drug-likeness (QED) is 0.652. The van der Waals surface area contributed by atoms with Gasteiger partial charge in [-0.1, -0.05) is 26.2 Å². The van der Waals surface area contributed by atoms with Gasteiger partial charge in [-0.15, -0.1) is 0 Å². The Hall–Kier alpha value is -0.170. The van der Waals surface area contributed by atoms with Gasteiger partial charge in [-0.2, -0.15) is 12.7 Å². The summed E-state index contributed by atoms with van der Waals surface area (Å²) in [5.41, 5.74) is 5.62. The number of rotatable bonds is 8. The highest BCUT2D eigenvalue weighted by molar-refractivity contribution is 7.87. The fourth-order valence-corrected chi connectivity index (χ4v) is 3.64. The van der Waals surface area contributed by atoms with E-state index >= 15 is 0 Å². The Labute approximate surface area is 111 Å². The summed E-state index contributed by atoms with van der Waals surface area (Å²) >= 11 is 0. The van der Waals surface area contributed by atoms with E-state index in [9.17, 15) is 8.42 Å². The van der Waals surface area contributed by atoms with E-state index in [0.29, 0.717) is 32.1 Å². The molecule has 3 N–H and O–H groups in total. The number of hydrogen-bond donors (Lipinski definition) is 2. The summed E-state index contributed by atoms with van der Waals surface area (Å²) in [7, 11) is -3.29. The van der Waals surface area contributed by atoms with Crippen LogP contribution in [0.25, 0.3) is 0 Å². The van der Waals surface area contributed by atoms with Crippen LogP contribution in [0.15, 0.2) is 0 Å². The highest BCUT2D eigenvalue weighted by atomic mass is 32.2. The lowest BCUT2D eigenvalue weighted by atomic mass is 10.0. The summed E-state index contributed by atoms with van der Waals surface area (Å²) in [5.74, 6) is 0.315. The van der Waals surface area contributed by atoms with Gasteiger partial charge >= 0.3 is 0 Å². The third-order valence-corrected chi connectivity index (χ3v) is 5.05. The number of piperidine rings is 1. The van der Waals surface area contributed by atoms with Crippen molar-refractivity contribution < 1.29 is 8.42 Å². The van der Waals surface area contributed by atoms with Crippen LogP contribution < -0.4 is 10.5 Å². The van der Waals surface area contributed by atoms with Gasteiger partial charge in [-0.25, -0.2) is 4.72 Å². The minimum atomic E-state index is -3.29. The van der Waals surface area contributed by atoms with Gasteiger partial charge in [0.1, 0.15) is 0 Å². The number of nitrogens with two attached hydrogens (primary N) is 1. The smallest absolute Gasteiger partial charge is 0.279 e. The molecule has 0 spiro atoms. The first-order valence-corrected chi connectivity index (χ1v) is 8.49. The highest BCUT2D eigenvalue weighted by Gasteiger charge is 2.27. The minimum Gasteiger partial charge on any atom is -0.330 e. The molecule has 1 aliphatic rings. The number of nitrogens with zero attached hydrogens (tertiary/aromatic N) is 1. The lowest BCUT2D eigenvalue weighted by Crippen LogP contribution is -2.47. The van der Waals surface area contributed by atoms with Gasteiger partial charge in [0.2, 0.25) is 0 Å². The molecular weight excluding hydrogens is 250 g/mol. The summed E-state index contributed by atoms with van der Waals surface area (Å²) in [6, 6.07) is 0. The van der Waals surface area contributed by atoms with Crippen molar-refractivity contribution in [3.8, 4) is 0 Å². The molecule has 108 valence electrons. The molecule has 0 radical (unpaired) electrons. The van der Waals surface area contributed by atoms with Gasteiger partial charge in [0, 0.05) is 19.6 Å². The Morgan fingerprint density at radius 3 is 2.78 bits per heavy atom. The zero-order chi connectivity index (χ0) is 13.4. The summed E-state index contributed by atoms with van der Waals surface area (Å²) in [5, 5.41) is 0. The van der Waals surface area contributed by atoms with Crippen molar-refractivity contribution in [3.63, 3.8) is 0 Å². The van der Waals surface area contributed by atoms with E-state index in [1.165, 1.54) is 6.42 Å². The van der Waals surface area contributed by atoms with E-state index in [0.717, 1.165) is 32.1 Å². The Morgan fingerprint density at radius 2 is 2.11 bits per heavy atom. The largest absolute Gasteiger partial charge is 0.330 e. The van der Waals surface area contributed by atoms with Crippen LogP contribution in [-0.2, 0) is 10.2 Å². The van der Waals surface area contributed by atoms with Crippen LogP contribution in [0.1, 0.15) is 45.4 Å². The van der Waals surface area contributed by atoms with E-state index in [2.05, 4.69) is 11.6 Å². The lowest BCUT2D eigenvalue weighted by Gasteiger charge is -2.31. The maximum Gasteiger partial charge on any atom is 0.279 e. The maximum atomic E-state index is 12.1. The fraction of sp³-hybridized carbons (Fsp3) is 1.00. The zero-order valence-corrected chi connectivity index (χ0v) is 12.2. The zero-order valence-electron chi connectivity index (χ0n) is 11.4. The normalized spacial score (nSPS) is 22.2. The van der Waals surface area contributed by atoms with Crippen LogP contribution in [-0.4, -0.2) is 38.9 Å². The average molecular weight is 277 g/mol. The average Bonchev–Trinajstić information content (AvgIpc) is 2.38. The predicted octanol–water partition coefficient (Wildman–Crippen LogP) is 1.07. The van der Waals surface area contributed by atoms with Gasteiger partial charge < -0.3 is 5.73 Å². The third kappa shape index (κ3) is 5.22. The molecule has 1 atom stereocenters. The molecule has 0 aromatic heterocycles. The fourth-order valence-electron chi connectivity index (χ4n) is 2.28. The molecule has 0 saturated carbocycles. The van der Waals surface area contributed by atoms with E-state index in [1.54, 1.807) is 4.31 Å². The van der Waals surface area contributed by atoms with Crippen molar-refractivity contribution in [1.82, 2.24) is 9.03 Å². The van der Waals surface area contributed by atoms with Crippen LogP contribution in [0.4, 0.5) is 0 Å². The summed E-state index contributed by atoms with van der Waals surface area (Å²) in [6.07, 6.45) is 6.29. The molecule has 1 fully saturated rings. The van der Waals surface area contributed by atoms with Crippen molar-refractivity contribution in [2.75, 3.05) is 26.2 Å². The first-order valence-electron chi connectivity index (χ1n) is 7.05. The molecule has 0 amide bonds. The van der Waals surface area contributed by atoms with Crippen LogP contribution in [0.3, 0.4) is 0 Å². The van der Waals surface area contributed by atoms with Gasteiger partial charge in [0.25, 0.3) is 10.2 Å². The Kier molecular flexibility index (Phi) is 7.14. The summed E-state index contributed by atoms with van der Waals surface area (Å²) in [4.78, 5) is 0. The first-order chi connectivity index (χ1) is 8.60. The predicted molar refractivity (Wildman–Crippen MR) is 74.4 cm³/mol. The number of nitrogens with one attached hydrogen (secondary N) is 1. The van der Waals surface area contributed by atoms with Crippen LogP contribution >= 0.6 is 0 Å². The second-order valence-corrected chi connectivity index (χ2v) is 6.82. The Morgan fingerprint density at radius 1 is 1.33 bits per heavy atom. The monoisotopic (exact) mass is 277 g/mol. The van der Waals surface area contributed by atoms with Gasteiger partial charge in [-0.05, 0) is 31.7 Å². The standard InChI is InChI=1S/C12H27N3O2S/c1-2-3-4-5-8-14-18(16,17)15-9-6-7-12(10-13)11-15/h12,14H,2-11,13H2,1H3. The summed E-state index contributed by atoms with van der Waals surface area (Å²) in [6.45, 7) is 4.46. The van der Waals surface area contributed by atoms with Crippen molar-refractivity contribution in [1.29, 1.82) is 0 Å². The summed E-state index contributed by atoms with van der Waals surface area (Å²) < 4.78 is 28.3. The molecule has 5 nitrogen and oxygen atoms in total. The van der Waals surface area contributed by atoms with Crippen LogP contribution in [0, 0.1) is 5.92 Å². The van der Waals surface area contributed by atoms with Crippen LogP contribution in [0.5, 0.6) is 0 Å². The Bertz CT molecular complexity index is 319. The third-order valence-electron chi connectivity index (χ3n) is 3.47. The van der Waals surface area contributed by atoms with Gasteiger partial charge in [0.05, 0.1) is 0 Å². The van der Waals surface area contributed by atoms with E-state index in [4.69, 9.17) is 5.73 Å². The van der Waals surface area contributed by atoms with Gasteiger partial charge in [-0.3, -0.25) is 0 Å². The van der Waals surface area contributed by atoms with Crippen molar-refractivity contribution >= 4 is 10.2 Å². The second-order valence-electron chi connectivity index (χ2n) is 5.06. The Balaban J connectivity index is 2.33. The number of hydrogen-bond acceptors (Lipinski definition) is 3. The van der Waals surface area contributed by atoms with Crippen LogP contribution in [0.2, 0.25) is 0 Å². The number of unbranched alkanes of at least 4 members (excludes halogenated alkanes) is 3. The van der Waals surface area contributed by atoms with Crippen molar-refractivity contribution in [2.45, 2.75) is 45.4 Å². The first kappa shape index (κ1) is 15.9. The molecule has 1 rings (SSSR count). The molecule has 0 aromatic rings. The molecule has 1 unspecified atom stereocenters. The SMILES string of the molecule is CCCCCCNS(=O)(=O)N1CCCC(CN)C1. The van der Waals surface area contributed by atoms with Gasteiger partial charge in [0.15, 0.2) is 0 Å². The van der Waals surface area contributed by atoms with Crippen molar-refractivity contribution in [3.05, 3.63) is 0 Å². The van der Waals surface area contributed by atoms with E-state index in [1.807, 2.05) is 0 Å². The van der Waals surface area contributed by atoms with E-state index < -0.39 is 10.2 Å². The van der Waals surface area contributed by atoms with Crippen molar-refractivity contribution in [2.24, 2.45) is 11.7 Å². The molecule has 6 heteroatoms.